The second kappa shape index (κ2) is 6.38. The first-order valence-corrected chi connectivity index (χ1v) is 5.83. The summed E-state index contributed by atoms with van der Waals surface area (Å²) < 4.78 is 0. The minimum absolute atomic E-state index is 0.794. The van der Waals surface area contributed by atoms with Gasteiger partial charge in [-0.3, -0.25) is 4.90 Å². The summed E-state index contributed by atoms with van der Waals surface area (Å²) in [6.45, 7) is 8.19. The van der Waals surface area contributed by atoms with Crippen molar-refractivity contribution in [2.24, 2.45) is 0 Å². The van der Waals surface area contributed by atoms with Gasteiger partial charge < -0.3 is 10.2 Å². The Morgan fingerprint density at radius 3 is 2.86 bits per heavy atom. The lowest BCUT2D eigenvalue weighted by Crippen LogP contribution is -2.39. The van der Waals surface area contributed by atoms with Gasteiger partial charge in [0.05, 0.1) is 0 Å². The van der Waals surface area contributed by atoms with Gasteiger partial charge in [-0.25, -0.2) is 0 Å². The highest BCUT2D eigenvalue weighted by molar-refractivity contribution is 4.79. The first-order valence-electron chi connectivity index (χ1n) is 5.83. The molecule has 1 fully saturated rings. The molecule has 0 bridgehead atoms. The number of rotatable bonds is 6. The quantitative estimate of drug-likeness (QED) is 0.633. The molecule has 1 aliphatic rings. The van der Waals surface area contributed by atoms with Crippen molar-refractivity contribution in [3.05, 3.63) is 0 Å². The van der Waals surface area contributed by atoms with Crippen molar-refractivity contribution in [3.63, 3.8) is 0 Å². The topological polar surface area (TPSA) is 18.5 Å². The van der Waals surface area contributed by atoms with Crippen molar-refractivity contribution >= 4 is 0 Å². The average molecular weight is 199 g/mol. The zero-order valence-corrected chi connectivity index (χ0v) is 9.92. The van der Waals surface area contributed by atoms with Gasteiger partial charge in [-0.2, -0.15) is 0 Å². The maximum atomic E-state index is 3.54. The lowest BCUT2D eigenvalue weighted by molar-refractivity contribution is 0.257. The van der Waals surface area contributed by atoms with E-state index in [0.29, 0.717) is 0 Å². The van der Waals surface area contributed by atoms with Crippen LogP contribution in [0.3, 0.4) is 0 Å². The Morgan fingerprint density at radius 1 is 1.43 bits per heavy atom. The van der Waals surface area contributed by atoms with E-state index in [-0.39, 0.29) is 0 Å². The monoisotopic (exact) mass is 199 g/mol. The number of nitrogens with zero attached hydrogens (tertiary/aromatic N) is 2. The van der Waals surface area contributed by atoms with Gasteiger partial charge in [0, 0.05) is 25.7 Å². The molecule has 1 aliphatic heterocycles. The molecule has 0 aromatic heterocycles. The van der Waals surface area contributed by atoms with Crippen molar-refractivity contribution in [3.8, 4) is 0 Å². The summed E-state index contributed by atoms with van der Waals surface area (Å²) in [5.41, 5.74) is 0. The molecular formula is C11H25N3. The first-order chi connectivity index (χ1) is 6.74. The molecule has 1 N–H and O–H groups in total. The van der Waals surface area contributed by atoms with Crippen LogP contribution in [0.25, 0.3) is 0 Å². The van der Waals surface area contributed by atoms with Crippen LogP contribution in [0, 0.1) is 0 Å². The summed E-state index contributed by atoms with van der Waals surface area (Å²) in [6, 6.07) is 0.794. The molecule has 84 valence electrons. The Kier molecular flexibility index (Phi) is 5.45. The van der Waals surface area contributed by atoms with Gasteiger partial charge in [-0.05, 0) is 40.0 Å². The predicted molar refractivity (Wildman–Crippen MR) is 61.7 cm³/mol. The van der Waals surface area contributed by atoms with Crippen LogP contribution < -0.4 is 5.32 Å². The molecule has 0 aromatic rings. The summed E-state index contributed by atoms with van der Waals surface area (Å²) >= 11 is 0. The van der Waals surface area contributed by atoms with Gasteiger partial charge in [0.15, 0.2) is 0 Å². The van der Waals surface area contributed by atoms with E-state index in [1.807, 2.05) is 0 Å². The third-order valence-electron chi connectivity index (χ3n) is 3.02. The van der Waals surface area contributed by atoms with Gasteiger partial charge in [-0.15, -0.1) is 0 Å². The van der Waals surface area contributed by atoms with Crippen LogP contribution in [0.5, 0.6) is 0 Å². The lowest BCUT2D eigenvalue weighted by atomic mass is 10.2. The van der Waals surface area contributed by atoms with Crippen LogP contribution in [-0.4, -0.2) is 62.7 Å². The molecule has 0 saturated carbocycles. The fourth-order valence-corrected chi connectivity index (χ4v) is 2.11. The van der Waals surface area contributed by atoms with E-state index < -0.39 is 0 Å². The smallest absolute Gasteiger partial charge is 0.0221 e. The molecule has 0 amide bonds. The second-order valence-corrected chi connectivity index (χ2v) is 4.43. The van der Waals surface area contributed by atoms with Crippen LogP contribution in [0.4, 0.5) is 0 Å². The van der Waals surface area contributed by atoms with Gasteiger partial charge >= 0.3 is 0 Å². The molecule has 0 aliphatic carbocycles. The molecule has 1 rings (SSSR count). The molecule has 0 aromatic carbocycles. The molecule has 1 saturated heterocycles. The standard InChI is InChI=1S/C11H25N3/c1-4-14-8-5-6-11(14)10-12-7-9-13(2)3/h11-12H,4-10H2,1-3H3/t11-/m0/s1. The van der Waals surface area contributed by atoms with Gasteiger partial charge in [0.25, 0.3) is 0 Å². The Hall–Kier alpha value is -0.120. The molecule has 3 heteroatoms. The highest BCUT2D eigenvalue weighted by atomic mass is 15.2. The van der Waals surface area contributed by atoms with E-state index in [2.05, 4.69) is 36.1 Å². The highest BCUT2D eigenvalue weighted by Gasteiger charge is 2.21. The van der Waals surface area contributed by atoms with Gasteiger partial charge in [0.1, 0.15) is 0 Å². The minimum Gasteiger partial charge on any atom is -0.314 e. The third-order valence-corrected chi connectivity index (χ3v) is 3.02. The molecule has 14 heavy (non-hydrogen) atoms. The molecule has 1 atom stereocenters. The fraction of sp³-hybridized carbons (Fsp3) is 1.00. The largest absolute Gasteiger partial charge is 0.314 e. The predicted octanol–water partition coefficient (Wildman–Crippen LogP) is 0.622. The van der Waals surface area contributed by atoms with E-state index in [9.17, 15) is 0 Å². The number of likely N-dealkylation sites (N-methyl/N-ethyl adjacent to an activating group) is 2. The molecule has 3 nitrogen and oxygen atoms in total. The maximum Gasteiger partial charge on any atom is 0.0221 e. The lowest BCUT2D eigenvalue weighted by Gasteiger charge is -2.23. The summed E-state index contributed by atoms with van der Waals surface area (Å²) in [5.74, 6) is 0. The van der Waals surface area contributed by atoms with Crippen LogP contribution in [0.2, 0.25) is 0 Å². The van der Waals surface area contributed by atoms with Gasteiger partial charge in [0.2, 0.25) is 0 Å². The molecule has 0 radical (unpaired) electrons. The summed E-state index contributed by atoms with van der Waals surface area (Å²) in [5, 5.41) is 3.54. The van der Waals surface area contributed by atoms with Crippen LogP contribution in [-0.2, 0) is 0 Å². The zero-order valence-electron chi connectivity index (χ0n) is 9.92. The van der Waals surface area contributed by atoms with Crippen molar-refractivity contribution in [2.75, 3.05) is 46.8 Å². The summed E-state index contributed by atoms with van der Waals surface area (Å²) in [7, 11) is 4.24. The Balaban J connectivity index is 2.05. The number of likely N-dealkylation sites (tertiary alicyclic amines) is 1. The Labute approximate surface area is 88.5 Å². The van der Waals surface area contributed by atoms with E-state index >= 15 is 0 Å². The number of hydrogen-bond acceptors (Lipinski definition) is 3. The summed E-state index contributed by atoms with van der Waals surface area (Å²) in [6.07, 6.45) is 2.76. The third kappa shape index (κ3) is 3.95. The highest BCUT2D eigenvalue weighted by Crippen LogP contribution is 2.15. The van der Waals surface area contributed by atoms with Crippen LogP contribution in [0.1, 0.15) is 19.8 Å². The van der Waals surface area contributed by atoms with Gasteiger partial charge in [-0.1, -0.05) is 6.92 Å². The Bertz CT molecular complexity index is 147. The fourth-order valence-electron chi connectivity index (χ4n) is 2.11. The Morgan fingerprint density at radius 2 is 2.21 bits per heavy atom. The van der Waals surface area contributed by atoms with Crippen LogP contribution in [0.15, 0.2) is 0 Å². The normalized spacial score (nSPS) is 23.6. The average Bonchev–Trinajstić information content (AvgIpc) is 2.59. The zero-order chi connectivity index (χ0) is 10.4. The van der Waals surface area contributed by atoms with Crippen molar-refractivity contribution < 1.29 is 0 Å². The molecule has 1 heterocycles. The van der Waals surface area contributed by atoms with Crippen molar-refractivity contribution in [1.82, 2.24) is 15.1 Å². The van der Waals surface area contributed by atoms with E-state index in [1.54, 1.807) is 0 Å². The van der Waals surface area contributed by atoms with Crippen molar-refractivity contribution in [1.29, 1.82) is 0 Å². The number of hydrogen-bond donors (Lipinski definition) is 1. The maximum absolute atomic E-state index is 3.54. The van der Waals surface area contributed by atoms with E-state index in [0.717, 1.165) is 19.1 Å². The molecule has 0 spiro atoms. The number of nitrogens with one attached hydrogen (secondary N) is 1. The van der Waals surface area contributed by atoms with E-state index in [4.69, 9.17) is 0 Å². The minimum atomic E-state index is 0.794. The van der Waals surface area contributed by atoms with Crippen molar-refractivity contribution in [2.45, 2.75) is 25.8 Å². The first kappa shape index (κ1) is 12.0. The second-order valence-electron chi connectivity index (χ2n) is 4.43. The summed E-state index contributed by atoms with van der Waals surface area (Å²) in [4.78, 5) is 4.81. The molecule has 0 unspecified atom stereocenters. The molecular weight excluding hydrogens is 174 g/mol. The SMILES string of the molecule is CCN1CCC[C@H]1CNCCN(C)C. The van der Waals surface area contributed by atoms with Crippen LogP contribution >= 0.6 is 0 Å². The van der Waals surface area contributed by atoms with E-state index in [1.165, 1.54) is 32.5 Å².